The number of hydrogen-bond donors (Lipinski definition) is 0. The van der Waals surface area contributed by atoms with Crippen molar-refractivity contribution in [1.82, 2.24) is 14.7 Å². The smallest absolute Gasteiger partial charge is 0.410 e. The monoisotopic (exact) mass is 343 g/mol. The lowest BCUT2D eigenvalue weighted by Crippen LogP contribution is -2.34. The first kappa shape index (κ1) is 17.0. The molecule has 0 N–H and O–H groups in total. The summed E-state index contributed by atoms with van der Waals surface area (Å²) < 4.78 is 12.1. The number of carbonyl (C=O) groups excluding carboxylic acids is 2. The van der Waals surface area contributed by atoms with Crippen LogP contribution in [0.4, 0.5) is 4.79 Å². The number of rotatable bonds is 4. The lowest BCUT2D eigenvalue weighted by atomic mass is 10.2. The van der Waals surface area contributed by atoms with Crippen LogP contribution in [0, 0.1) is 0 Å². The molecule has 1 aliphatic heterocycles. The van der Waals surface area contributed by atoms with E-state index in [0.717, 1.165) is 11.3 Å². The van der Waals surface area contributed by atoms with Crippen molar-refractivity contribution in [2.45, 2.75) is 26.5 Å². The Morgan fingerprint density at radius 2 is 1.92 bits per heavy atom. The lowest BCUT2D eigenvalue weighted by molar-refractivity contribution is 0.0517. The Hall–Kier alpha value is -2.83. The predicted octanol–water partition coefficient (Wildman–Crippen LogP) is 2.25. The van der Waals surface area contributed by atoms with Crippen LogP contribution in [0.2, 0.25) is 0 Å². The molecule has 0 radical (unpaired) electrons. The van der Waals surface area contributed by atoms with Crippen molar-refractivity contribution in [1.29, 1.82) is 0 Å². The number of aromatic nitrogens is 2. The lowest BCUT2D eigenvalue weighted by Gasteiger charge is -2.19. The van der Waals surface area contributed by atoms with E-state index in [-0.39, 0.29) is 12.7 Å². The van der Waals surface area contributed by atoms with Crippen LogP contribution in [-0.2, 0) is 29.0 Å². The van der Waals surface area contributed by atoms with Crippen molar-refractivity contribution in [3.05, 3.63) is 53.3 Å². The van der Waals surface area contributed by atoms with E-state index in [1.54, 1.807) is 22.6 Å². The summed E-state index contributed by atoms with van der Waals surface area (Å²) in [4.78, 5) is 25.7. The van der Waals surface area contributed by atoms with Crippen molar-refractivity contribution in [2.24, 2.45) is 0 Å². The molecular formula is C18H21N3O4. The van der Waals surface area contributed by atoms with E-state index < -0.39 is 5.97 Å². The Bertz CT molecular complexity index is 717. The number of fused-ring (bicyclic) bond motifs is 1. The third kappa shape index (κ3) is 4.17. The predicted molar refractivity (Wildman–Crippen MR) is 90.1 cm³/mol. The van der Waals surface area contributed by atoms with E-state index in [1.165, 1.54) is 0 Å². The van der Waals surface area contributed by atoms with Crippen LogP contribution in [0.1, 0.15) is 28.7 Å². The number of esters is 1. The van der Waals surface area contributed by atoms with Crippen molar-refractivity contribution >= 4 is 12.1 Å². The zero-order valence-electron chi connectivity index (χ0n) is 14.2. The molecule has 1 aromatic carbocycles. The molecular weight excluding hydrogens is 322 g/mol. The first-order valence-electron chi connectivity index (χ1n) is 8.37. The molecule has 0 saturated heterocycles. The van der Waals surface area contributed by atoms with Gasteiger partial charge in [0.1, 0.15) is 6.61 Å². The standard InChI is InChI=1S/C18H21N3O4/c1-2-24-17(22)16-12-15-8-9-20(10-11-21(15)19-16)18(23)25-13-14-6-4-3-5-7-14/h3-7,12H,2,8-11,13H2,1H3. The summed E-state index contributed by atoms with van der Waals surface area (Å²) in [5, 5.41) is 4.28. The highest BCUT2D eigenvalue weighted by atomic mass is 16.6. The molecule has 7 heteroatoms. The topological polar surface area (TPSA) is 73.7 Å². The van der Waals surface area contributed by atoms with E-state index in [0.29, 0.717) is 38.4 Å². The van der Waals surface area contributed by atoms with Gasteiger partial charge in [-0.25, -0.2) is 9.59 Å². The maximum absolute atomic E-state index is 12.3. The fourth-order valence-electron chi connectivity index (χ4n) is 2.72. The van der Waals surface area contributed by atoms with Crippen molar-refractivity contribution < 1.29 is 19.1 Å². The van der Waals surface area contributed by atoms with Crippen LogP contribution in [-0.4, -0.2) is 46.4 Å². The Kier molecular flexibility index (Phi) is 5.33. The van der Waals surface area contributed by atoms with Gasteiger partial charge in [0.05, 0.1) is 13.2 Å². The maximum atomic E-state index is 12.3. The molecule has 0 aliphatic carbocycles. The highest BCUT2D eigenvalue weighted by Gasteiger charge is 2.22. The molecule has 3 rings (SSSR count). The zero-order valence-corrected chi connectivity index (χ0v) is 14.2. The fourth-order valence-corrected chi connectivity index (χ4v) is 2.72. The van der Waals surface area contributed by atoms with Gasteiger partial charge < -0.3 is 14.4 Å². The van der Waals surface area contributed by atoms with Gasteiger partial charge in [-0.2, -0.15) is 5.10 Å². The normalized spacial score (nSPS) is 13.7. The van der Waals surface area contributed by atoms with E-state index in [1.807, 2.05) is 30.3 Å². The SMILES string of the molecule is CCOC(=O)c1cc2n(n1)CCN(C(=O)OCc1ccccc1)CC2. The fraction of sp³-hybridized carbons (Fsp3) is 0.389. The molecule has 0 unspecified atom stereocenters. The number of nitrogens with zero attached hydrogens (tertiary/aromatic N) is 3. The van der Waals surface area contributed by atoms with Gasteiger partial charge in [0, 0.05) is 25.2 Å². The Morgan fingerprint density at radius 3 is 2.68 bits per heavy atom. The molecule has 1 amide bonds. The van der Waals surface area contributed by atoms with Gasteiger partial charge >= 0.3 is 12.1 Å². The second-order valence-corrected chi connectivity index (χ2v) is 5.74. The van der Waals surface area contributed by atoms with Gasteiger partial charge in [-0.3, -0.25) is 4.68 Å². The molecule has 2 aromatic rings. The molecule has 0 spiro atoms. The van der Waals surface area contributed by atoms with Gasteiger partial charge in [-0.1, -0.05) is 30.3 Å². The van der Waals surface area contributed by atoms with E-state index in [9.17, 15) is 9.59 Å². The summed E-state index contributed by atoms with van der Waals surface area (Å²) in [6.07, 6.45) is 0.285. The van der Waals surface area contributed by atoms with Crippen LogP contribution in [0.5, 0.6) is 0 Å². The minimum absolute atomic E-state index is 0.258. The summed E-state index contributed by atoms with van der Waals surface area (Å²) in [7, 11) is 0. The van der Waals surface area contributed by atoms with Crippen LogP contribution in [0.15, 0.2) is 36.4 Å². The average Bonchev–Trinajstić information content (AvgIpc) is 2.94. The summed E-state index contributed by atoms with van der Waals surface area (Å²) in [6.45, 7) is 3.88. The molecule has 0 fully saturated rings. The molecule has 1 aromatic heterocycles. The van der Waals surface area contributed by atoms with Crippen molar-refractivity contribution in [3.8, 4) is 0 Å². The molecule has 2 heterocycles. The zero-order chi connectivity index (χ0) is 17.6. The van der Waals surface area contributed by atoms with Gasteiger partial charge in [0.2, 0.25) is 0 Å². The third-order valence-electron chi connectivity index (χ3n) is 4.03. The largest absolute Gasteiger partial charge is 0.461 e. The summed E-state index contributed by atoms with van der Waals surface area (Å²) in [5.41, 5.74) is 2.19. The van der Waals surface area contributed by atoms with E-state index in [2.05, 4.69) is 5.10 Å². The number of carbonyl (C=O) groups is 2. The highest BCUT2D eigenvalue weighted by Crippen LogP contribution is 2.13. The molecule has 0 saturated carbocycles. The highest BCUT2D eigenvalue weighted by molar-refractivity contribution is 5.87. The quantitative estimate of drug-likeness (QED) is 0.796. The number of hydrogen-bond acceptors (Lipinski definition) is 5. The number of benzene rings is 1. The van der Waals surface area contributed by atoms with Gasteiger partial charge in [-0.05, 0) is 18.6 Å². The van der Waals surface area contributed by atoms with Gasteiger partial charge in [0.25, 0.3) is 0 Å². The number of amides is 1. The molecule has 7 nitrogen and oxygen atoms in total. The van der Waals surface area contributed by atoms with E-state index in [4.69, 9.17) is 9.47 Å². The summed E-state index contributed by atoms with van der Waals surface area (Å²) in [6, 6.07) is 11.3. The Balaban J connectivity index is 1.56. The third-order valence-corrected chi connectivity index (χ3v) is 4.03. The first-order chi connectivity index (χ1) is 12.2. The van der Waals surface area contributed by atoms with Crippen LogP contribution < -0.4 is 0 Å². The van der Waals surface area contributed by atoms with Crippen LogP contribution in [0.25, 0.3) is 0 Å². The average molecular weight is 343 g/mol. The molecule has 132 valence electrons. The van der Waals surface area contributed by atoms with Crippen molar-refractivity contribution in [2.75, 3.05) is 19.7 Å². The molecule has 0 atom stereocenters. The minimum atomic E-state index is -0.415. The van der Waals surface area contributed by atoms with Gasteiger partial charge in [0.15, 0.2) is 5.69 Å². The van der Waals surface area contributed by atoms with Gasteiger partial charge in [-0.15, -0.1) is 0 Å². The second kappa shape index (κ2) is 7.83. The minimum Gasteiger partial charge on any atom is -0.461 e. The summed E-state index contributed by atoms with van der Waals surface area (Å²) in [5.74, 6) is -0.415. The van der Waals surface area contributed by atoms with Crippen LogP contribution in [0.3, 0.4) is 0 Å². The van der Waals surface area contributed by atoms with E-state index >= 15 is 0 Å². The molecule has 0 bridgehead atoms. The number of ether oxygens (including phenoxy) is 2. The molecule has 25 heavy (non-hydrogen) atoms. The Morgan fingerprint density at radius 1 is 1.12 bits per heavy atom. The summed E-state index contributed by atoms with van der Waals surface area (Å²) >= 11 is 0. The molecule has 1 aliphatic rings. The second-order valence-electron chi connectivity index (χ2n) is 5.74. The first-order valence-corrected chi connectivity index (χ1v) is 8.37. The maximum Gasteiger partial charge on any atom is 0.410 e. The van der Waals surface area contributed by atoms with Crippen molar-refractivity contribution in [3.63, 3.8) is 0 Å². The van der Waals surface area contributed by atoms with Crippen LogP contribution >= 0.6 is 0 Å². The Labute approximate surface area is 146 Å².